The van der Waals surface area contributed by atoms with Crippen LogP contribution in [0.5, 0.6) is 0 Å². The third-order valence-corrected chi connectivity index (χ3v) is 5.59. The molecule has 2 amide bonds. The van der Waals surface area contributed by atoms with E-state index in [-0.39, 0.29) is 17.9 Å². The molecule has 0 spiro atoms. The average molecular weight is 386 g/mol. The number of aryl methyl sites for hydroxylation is 1. The molecule has 0 bridgehead atoms. The van der Waals surface area contributed by atoms with E-state index in [1.807, 2.05) is 55.1 Å². The number of nitriles is 1. The number of amides is 2. The number of aromatic nitrogens is 1. The molecule has 1 saturated heterocycles. The highest BCUT2D eigenvalue weighted by Gasteiger charge is 2.32. The maximum atomic E-state index is 13.3. The van der Waals surface area contributed by atoms with E-state index in [0.717, 1.165) is 10.9 Å². The van der Waals surface area contributed by atoms with Gasteiger partial charge in [-0.3, -0.25) is 9.59 Å². The molecule has 1 fully saturated rings. The Morgan fingerprint density at radius 1 is 1.10 bits per heavy atom. The molecular formula is C23H22N4O2. The van der Waals surface area contributed by atoms with Gasteiger partial charge in [-0.05, 0) is 37.6 Å². The molecule has 2 heterocycles. The molecule has 0 unspecified atom stereocenters. The predicted molar refractivity (Wildman–Crippen MR) is 111 cm³/mol. The zero-order chi connectivity index (χ0) is 20.5. The summed E-state index contributed by atoms with van der Waals surface area (Å²) >= 11 is 0. The Bertz CT molecular complexity index is 1130. The lowest BCUT2D eigenvalue weighted by Crippen LogP contribution is -2.55. The van der Waals surface area contributed by atoms with Gasteiger partial charge in [0, 0.05) is 42.8 Å². The SMILES string of the molecule is Cc1ccc(C#N)c2[nH]cc(C(=O)N3CCN(C(=O)c4ccccc4)C[C@H]3C)c12. The zero-order valence-electron chi connectivity index (χ0n) is 16.5. The van der Waals surface area contributed by atoms with Crippen molar-refractivity contribution in [2.45, 2.75) is 19.9 Å². The van der Waals surface area contributed by atoms with Crippen LogP contribution in [0.3, 0.4) is 0 Å². The number of carbonyl (C=O) groups is 2. The number of nitrogens with zero attached hydrogens (tertiary/aromatic N) is 3. The summed E-state index contributed by atoms with van der Waals surface area (Å²) in [6.45, 7) is 5.36. The van der Waals surface area contributed by atoms with E-state index < -0.39 is 0 Å². The van der Waals surface area contributed by atoms with E-state index in [2.05, 4.69) is 11.1 Å². The predicted octanol–water partition coefficient (Wildman–Crippen LogP) is 3.33. The molecule has 3 aromatic rings. The average Bonchev–Trinajstić information content (AvgIpc) is 3.20. The van der Waals surface area contributed by atoms with Crippen molar-refractivity contribution in [1.82, 2.24) is 14.8 Å². The number of hydrogen-bond acceptors (Lipinski definition) is 3. The van der Waals surface area contributed by atoms with Crippen LogP contribution in [0, 0.1) is 18.3 Å². The Hall–Kier alpha value is -3.59. The van der Waals surface area contributed by atoms with Gasteiger partial charge in [0.2, 0.25) is 0 Å². The maximum Gasteiger partial charge on any atom is 0.256 e. The van der Waals surface area contributed by atoms with Crippen molar-refractivity contribution in [3.8, 4) is 6.07 Å². The summed E-state index contributed by atoms with van der Waals surface area (Å²) in [5, 5.41) is 10.1. The minimum absolute atomic E-state index is 0.00819. The van der Waals surface area contributed by atoms with Gasteiger partial charge in [-0.15, -0.1) is 0 Å². The van der Waals surface area contributed by atoms with Crippen LogP contribution < -0.4 is 0 Å². The summed E-state index contributed by atoms with van der Waals surface area (Å²) in [7, 11) is 0. The van der Waals surface area contributed by atoms with Crippen molar-refractivity contribution in [2.75, 3.05) is 19.6 Å². The number of hydrogen-bond donors (Lipinski definition) is 1. The molecule has 1 aliphatic heterocycles. The first kappa shape index (κ1) is 18.8. The molecule has 29 heavy (non-hydrogen) atoms. The first-order chi connectivity index (χ1) is 14.0. The van der Waals surface area contributed by atoms with E-state index in [1.165, 1.54) is 0 Å². The summed E-state index contributed by atoms with van der Waals surface area (Å²) in [6.07, 6.45) is 1.69. The number of H-pyrrole nitrogens is 1. The van der Waals surface area contributed by atoms with E-state index >= 15 is 0 Å². The van der Waals surface area contributed by atoms with Gasteiger partial charge in [-0.2, -0.15) is 5.26 Å². The van der Waals surface area contributed by atoms with Crippen LogP contribution in [0.2, 0.25) is 0 Å². The summed E-state index contributed by atoms with van der Waals surface area (Å²) < 4.78 is 0. The van der Waals surface area contributed by atoms with Gasteiger partial charge in [-0.1, -0.05) is 24.3 Å². The minimum atomic E-state index is -0.103. The second-order valence-electron chi connectivity index (χ2n) is 7.46. The van der Waals surface area contributed by atoms with Crippen molar-refractivity contribution < 1.29 is 9.59 Å². The molecule has 1 aliphatic rings. The Labute approximate surface area is 169 Å². The fourth-order valence-corrected chi connectivity index (χ4v) is 4.04. The van der Waals surface area contributed by atoms with Gasteiger partial charge in [0.1, 0.15) is 6.07 Å². The normalized spacial score (nSPS) is 16.7. The Balaban J connectivity index is 1.57. The number of carbonyl (C=O) groups excluding carboxylic acids is 2. The monoisotopic (exact) mass is 386 g/mol. The quantitative estimate of drug-likeness (QED) is 0.734. The number of aromatic amines is 1. The fourth-order valence-electron chi connectivity index (χ4n) is 4.04. The lowest BCUT2D eigenvalue weighted by atomic mass is 10.0. The van der Waals surface area contributed by atoms with Crippen molar-refractivity contribution in [1.29, 1.82) is 5.26 Å². The van der Waals surface area contributed by atoms with E-state index in [4.69, 9.17) is 0 Å². The molecule has 0 radical (unpaired) electrons. The molecule has 6 heteroatoms. The standard InChI is InChI=1S/C23H22N4O2/c1-15-8-9-18(12-24)21-20(15)19(13-25-21)23(29)27-11-10-26(14-16(27)2)22(28)17-6-4-3-5-7-17/h3-9,13,16,25H,10-11,14H2,1-2H3/t16-/m1/s1. The fraction of sp³-hybridized carbons (Fsp3) is 0.261. The van der Waals surface area contributed by atoms with Crippen LogP contribution in [0.1, 0.15) is 38.8 Å². The van der Waals surface area contributed by atoms with Gasteiger partial charge in [-0.25, -0.2) is 0 Å². The molecular weight excluding hydrogens is 364 g/mol. The Kier molecular flexibility index (Phi) is 4.81. The molecule has 1 aromatic heterocycles. The number of piperazine rings is 1. The lowest BCUT2D eigenvalue weighted by molar-refractivity contribution is 0.0415. The van der Waals surface area contributed by atoms with Crippen LogP contribution in [-0.2, 0) is 0 Å². The first-order valence-electron chi connectivity index (χ1n) is 9.67. The highest BCUT2D eigenvalue weighted by Crippen LogP contribution is 2.27. The van der Waals surface area contributed by atoms with Crippen molar-refractivity contribution in [3.63, 3.8) is 0 Å². The Morgan fingerprint density at radius 3 is 2.55 bits per heavy atom. The van der Waals surface area contributed by atoms with Crippen LogP contribution in [0.15, 0.2) is 48.7 Å². The lowest BCUT2D eigenvalue weighted by Gasteiger charge is -2.40. The largest absolute Gasteiger partial charge is 0.359 e. The molecule has 6 nitrogen and oxygen atoms in total. The van der Waals surface area contributed by atoms with Crippen molar-refractivity contribution >= 4 is 22.7 Å². The maximum absolute atomic E-state index is 13.3. The number of rotatable bonds is 2. The highest BCUT2D eigenvalue weighted by molar-refractivity contribution is 6.09. The first-order valence-corrected chi connectivity index (χ1v) is 9.67. The molecule has 4 rings (SSSR count). The zero-order valence-corrected chi connectivity index (χ0v) is 16.5. The Morgan fingerprint density at radius 2 is 1.86 bits per heavy atom. The second kappa shape index (κ2) is 7.44. The summed E-state index contributed by atoms with van der Waals surface area (Å²) in [6, 6.07) is 14.9. The van der Waals surface area contributed by atoms with E-state index in [1.54, 1.807) is 17.2 Å². The highest BCUT2D eigenvalue weighted by atomic mass is 16.2. The van der Waals surface area contributed by atoms with E-state index in [0.29, 0.717) is 41.8 Å². The van der Waals surface area contributed by atoms with E-state index in [9.17, 15) is 14.9 Å². The molecule has 0 aliphatic carbocycles. The second-order valence-corrected chi connectivity index (χ2v) is 7.46. The smallest absolute Gasteiger partial charge is 0.256 e. The van der Waals surface area contributed by atoms with Crippen LogP contribution in [-0.4, -0.2) is 52.3 Å². The van der Waals surface area contributed by atoms with Crippen LogP contribution in [0.25, 0.3) is 10.9 Å². The molecule has 0 saturated carbocycles. The van der Waals surface area contributed by atoms with Gasteiger partial charge in [0.15, 0.2) is 0 Å². The van der Waals surface area contributed by atoms with Gasteiger partial charge < -0.3 is 14.8 Å². The van der Waals surface area contributed by atoms with Gasteiger partial charge in [0.25, 0.3) is 11.8 Å². The van der Waals surface area contributed by atoms with Crippen LogP contribution in [0.4, 0.5) is 0 Å². The van der Waals surface area contributed by atoms with Crippen molar-refractivity contribution in [3.05, 3.63) is 70.9 Å². The number of benzene rings is 2. The third-order valence-electron chi connectivity index (χ3n) is 5.59. The minimum Gasteiger partial charge on any atom is -0.359 e. The number of fused-ring (bicyclic) bond motifs is 1. The van der Waals surface area contributed by atoms with Gasteiger partial charge >= 0.3 is 0 Å². The summed E-state index contributed by atoms with van der Waals surface area (Å²) in [5.41, 5.74) is 3.41. The molecule has 1 N–H and O–H groups in total. The molecule has 146 valence electrons. The van der Waals surface area contributed by atoms with Crippen LogP contribution >= 0.6 is 0 Å². The molecule has 1 atom stereocenters. The summed E-state index contributed by atoms with van der Waals surface area (Å²) in [5.74, 6) is -0.0834. The van der Waals surface area contributed by atoms with Crippen molar-refractivity contribution in [2.24, 2.45) is 0 Å². The third kappa shape index (κ3) is 3.25. The topological polar surface area (TPSA) is 80.2 Å². The molecule has 2 aromatic carbocycles. The summed E-state index contributed by atoms with van der Waals surface area (Å²) in [4.78, 5) is 32.7. The number of nitrogens with one attached hydrogen (secondary N) is 1. The van der Waals surface area contributed by atoms with Gasteiger partial charge in [0.05, 0.1) is 16.6 Å².